The minimum Gasteiger partial charge on any atom is -0.306 e. The molecule has 3 nitrogen and oxygen atoms in total. The maximum Gasteiger partial charge on any atom is 0.160 e. The SMILES string of the molecule is Cc1ccc(-c2nc(C)cc(CNC(C)(C)C)n2)c(Br)c1. The Labute approximate surface area is 135 Å². The first-order valence-corrected chi connectivity index (χ1v) is 7.90. The highest BCUT2D eigenvalue weighted by molar-refractivity contribution is 9.10. The van der Waals surface area contributed by atoms with Crippen LogP contribution < -0.4 is 5.32 Å². The molecule has 0 bridgehead atoms. The Hall–Kier alpha value is -1.26. The van der Waals surface area contributed by atoms with Crippen molar-refractivity contribution >= 4 is 15.9 Å². The molecule has 1 aromatic carbocycles. The van der Waals surface area contributed by atoms with Crippen LogP contribution in [-0.4, -0.2) is 15.5 Å². The van der Waals surface area contributed by atoms with Crippen molar-refractivity contribution in [3.8, 4) is 11.4 Å². The number of hydrogen-bond acceptors (Lipinski definition) is 3. The molecule has 0 atom stereocenters. The van der Waals surface area contributed by atoms with E-state index in [1.165, 1.54) is 5.56 Å². The van der Waals surface area contributed by atoms with E-state index < -0.39 is 0 Å². The quantitative estimate of drug-likeness (QED) is 0.893. The lowest BCUT2D eigenvalue weighted by molar-refractivity contribution is 0.421. The molecule has 1 N–H and O–H groups in total. The molecule has 0 aliphatic carbocycles. The summed E-state index contributed by atoms with van der Waals surface area (Å²) in [5.74, 6) is 0.771. The lowest BCUT2D eigenvalue weighted by Gasteiger charge is -2.20. The zero-order valence-corrected chi connectivity index (χ0v) is 14.9. The maximum absolute atomic E-state index is 4.69. The van der Waals surface area contributed by atoms with Crippen LogP contribution in [-0.2, 0) is 6.54 Å². The summed E-state index contributed by atoms with van der Waals surface area (Å²) >= 11 is 3.61. The fraction of sp³-hybridized carbons (Fsp3) is 0.412. The fourth-order valence-electron chi connectivity index (χ4n) is 2.00. The van der Waals surface area contributed by atoms with E-state index in [1.54, 1.807) is 0 Å². The lowest BCUT2D eigenvalue weighted by Crippen LogP contribution is -2.35. The van der Waals surface area contributed by atoms with Crippen LogP contribution >= 0.6 is 15.9 Å². The van der Waals surface area contributed by atoms with E-state index in [2.05, 4.69) is 72.1 Å². The van der Waals surface area contributed by atoms with Crippen LogP contribution in [0.15, 0.2) is 28.7 Å². The molecule has 0 unspecified atom stereocenters. The second kappa shape index (κ2) is 6.24. The number of aromatic nitrogens is 2. The standard InChI is InChI=1S/C17H22BrN3/c1-11-6-7-14(15(18)8-11)16-20-12(2)9-13(21-16)10-19-17(3,4)5/h6-9,19H,10H2,1-5H3. The monoisotopic (exact) mass is 347 g/mol. The van der Waals surface area contributed by atoms with Crippen LogP contribution in [0.1, 0.15) is 37.7 Å². The molecule has 2 rings (SSSR count). The van der Waals surface area contributed by atoms with Gasteiger partial charge in [-0.15, -0.1) is 0 Å². The third kappa shape index (κ3) is 4.61. The summed E-state index contributed by atoms with van der Waals surface area (Å²) in [5.41, 5.74) is 4.32. The second-order valence-corrected chi connectivity index (χ2v) is 7.27. The molecule has 0 saturated heterocycles. The Balaban J connectivity index is 2.34. The molecule has 0 radical (unpaired) electrons. The molecule has 0 fully saturated rings. The van der Waals surface area contributed by atoms with Gasteiger partial charge in [-0.1, -0.05) is 22.0 Å². The largest absolute Gasteiger partial charge is 0.306 e. The van der Waals surface area contributed by atoms with Crippen LogP contribution in [0.5, 0.6) is 0 Å². The maximum atomic E-state index is 4.69. The average molecular weight is 348 g/mol. The van der Waals surface area contributed by atoms with Gasteiger partial charge in [0.1, 0.15) is 0 Å². The number of aryl methyl sites for hydroxylation is 2. The molecule has 0 spiro atoms. The Kier molecular flexibility index (Phi) is 4.79. The van der Waals surface area contributed by atoms with E-state index in [0.29, 0.717) is 0 Å². The molecule has 0 aliphatic heterocycles. The van der Waals surface area contributed by atoms with Crippen molar-refractivity contribution in [2.45, 2.75) is 46.7 Å². The van der Waals surface area contributed by atoms with Crippen molar-refractivity contribution < 1.29 is 0 Å². The third-order valence-corrected chi connectivity index (χ3v) is 3.73. The van der Waals surface area contributed by atoms with E-state index in [0.717, 1.165) is 33.8 Å². The van der Waals surface area contributed by atoms with Gasteiger partial charge in [0, 0.05) is 27.8 Å². The van der Waals surface area contributed by atoms with E-state index >= 15 is 0 Å². The summed E-state index contributed by atoms with van der Waals surface area (Å²) in [6, 6.07) is 8.27. The number of halogens is 1. The van der Waals surface area contributed by atoms with Crippen LogP contribution in [0.2, 0.25) is 0 Å². The molecule has 0 aliphatic rings. The molecule has 4 heteroatoms. The molecular weight excluding hydrogens is 326 g/mol. The van der Waals surface area contributed by atoms with Crippen LogP contribution in [0, 0.1) is 13.8 Å². The highest BCUT2D eigenvalue weighted by atomic mass is 79.9. The Morgan fingerprint density at radius 3 is 2.43 bits per heavy atom. The van der Waals surface area contributed by atoms with Gasteiger partial charge in [-0.25, -0.2) is 9.97 Å². The van der Waals surface area contributed by atoms with Gasteiger partial charge in [-0.3, -0.25) is 0 Å². The smallest absolute Gasteiger partial charge is 0.160 e. The van der Waals surface area contributed by atoms with Crippen LogP contribution in [0.4, 0.5) is 0 Å². The van der Waals surface area contributed by atoms with Crippen LogP contribution in [0.25, 0.3) is 11.4 Å². The summed E-state index contributed by atoms with van der Waals surface area (Å²) in [6.07, 6.45) is 0. The summed E-state index contributed by atoms with van der Waals surface area (Å²) in [7, 11) is 0. The van der Waals surface area contributed by atoms with Gasteiger partial charge in [0.25, 0.3) is 0 Å². The third-order valence-electron chi connectivity index (χ3n) is 3.07. The summed E-state index contributed by atoms with van der Waals surface area (Å²) in [5, 5.41) is 3.47. The molecule has 0 amide bonds. The number of rotatable bonds is 3. The van der Waals surface area contributed by atoms with Crippen LogP contribution in [0.3, 0.4) is 0 Å². The molecule has 0 saturated carbocycles. The minimum atomic E-state index is 0.0729. The topological polar surface area (TPSA) is 37.8 Å². The van der Waals surface area contributed by atoms with Crippen molar-refractivity contribution in [1.29, 1.82) is 0 Å². The fourth-order valence-corrected chi connectivity index (χ4v) is 2.67. The zero-order chi connectivity index (χ0) is 15.6. The first-order chi connectivity index (χ1) is 9.74. The summed E-state index contributed by atoms with van der Waals surface area (Å²) in [6.45, 7) is 11.3. The normalized spacial score (nSPS) is 11.7. The number of nitrogens with zero attached hydrogens (tertiary/aromatic N) is 2. The highest BCUT2D eigenvalue weighted by Crippen LogP contribution is 2.27. The molecule has 21 heavy (non-hydrogen) atoms. The van der Waals surface area contributed by atoms with E-state index in [9.17, 15) is 0 Å². The van der Waals surface area contributed by atoms with Gasteiger partial charge in [0.2, 0.25) is 0 Å². The van der Waals surface area contributed by atoms with E-state index in [-0.39, 0.29) is 5.54 Å². The first kappa shape index (κ1) is 16.1. The predicted octanol–water partition coefficient (Wildman–Crippen LogP) is 4.41. The molecule has 1 aromatic heterocycles. The average Bonchev–Trinajstić information content (AvgIpc) is 2.35. The van der Waals surface area contributed by atoms with Gasteiger partial charge >= 0.3 is 0 Å². The van der Waals surface area contributed by atoms with Gasteiger partial charge < -0.3 is 5.32 Å². The van der Waals surface area contributed by atoms with E-state index in [4.69, 9.17) is 4.98 Å². The Bertz CT molecular complexity index is 645. The Morgan fingerprint density at radius 1 is 1.10 bits per heavy atom. The molecular formula is C17H22BrN3. The van der Waals surface area contributed by atoms with Gasteiger partial charge in [0.15, 0.2) is 5.82 Å². The van der Waals surface area contributed by atoms with Gasteiger partial charge in [0.05, 0.1) is 5.69 Å². The predicted molar refractivity (Wildman–Crippen MR) is 91.2 cm³/mol. The summed E-state index contributed by atoms with van der Waals surface area (Å²) in [4.78, 5) is 9.26. The minimum absolute atomic E-state index is 0.0729. The lowest BCUT2D eigenvalue weighted by atomic mass is 10.1. The second-order valence-electron chi connectivity index (χ2n) is 6.41. The van der Waals surface area contributed by atoms with Crippen molar-refractivity contribution in [2.24, 2.45) is 0 Å². The van der Waals surface area contributed by atoms with Crippen molar-refractivity contribution in [3.63, 3.8) is 0 Å². The molecule has 1 heterocycles. The summed E-state index contributed by atoms with van der Waals surface area (Å²) < 4.78 is 1.03. The molecule has 112 valence electrons. The number of benzene rings is 1. The van der Waals surface area contributed by atoms with Crippen molar-refractivity contribution in [3.05, 3.63) is 45.7 Å². The van der Waals surface area contributed by atoms with Gasteiger partial charge in [-0.05, 0) is 58.4 Å². The number of nitrogens with one attached hydrogen (secondary N) is 1. The highest BCUT2D eigenvalue weighted by Gasteiger charge is 2.12. The number of hydrogen-bond donors (Lipinski definition) is 1. The van der Waals surface area contributed by atoms with Gasteiger partial charge in [-0.2, -0.15) is 0 Å². The zero-order valence-electron chi connectivity index (χ0n) is 13.3. The van der Waals surface area contributed by atoms with Crippen molar-refractivity contribution in [2.75, 3.05) is 0 Å². The van der Waals surface area contributed by atoms with E-state index in [1.807, 2.05) is 13.0 Å². The first-order valence-electron chi connectivity index (χ1n) is 7.11. The molecule has 2 aromatic rings. The van der Waals surface area contributed by atoms with Crippen molar-refractivity contribution in [1.82, 2.24) is 15.3 Å². The Morgan fingerprint density at radius 2 is 1.81 bits per heavy atom.